The Hall–Kier alpha value is -0.950. The highest BCUT2D eigenvalue weighted by Crippen LogP contribution is 2.13. The van der Waals surface area contributed by atoms with Crippen molar-refractivity contribution in [1.82, 2.24) is 9.71 Å². The van der Waals surface area contributed by atoms with Crippen molar-refractivity contribution in [1.29, 1.82) is 0 Å². The summed E-state index contributed by atoms with van der Waals surface area (Å²) in [6.07, 6.45) is 0.730. The molecule has 0 amide bonds. The molecule has 0 saturated carbocycles. The van der Waals surface area contributed by atoms with E-state index in [0.29, 0.717) is 5.88 Å². The average Bonchev–Trinajstić information content (AvgIpc) is 2.84. The van der Waals surface area contributed by atoms with Gasteiger partial charge in [-0.3, -0.25) is 0 Å². The average molecular weight is 331 g/mol. The fourth-order valence-electron chi connectivity index (χ4n) is 1.69. The molecule has 20 heavy (non-hydrogen) atoms. The molecule has 0 fully saturated rings. The van der Waals surface area contributed by atoms with Crippen LogP contribution in [0.5, 0.6) is 0 Å². The lowest BCUT2D eigenvalue weighted by molar-refractivity contribution is 0.580. The van der Waals surface area contributed by atoms with Gasteiger partial charge in [-0.1, -0.05) is 12.1 Å². The number of nitrogens with zero attached hydrogens (tertiary/aromatic N) is 1. The molecule has 0 aliphatic carbocycles. The maximum Gasteiger partial charge on any atom is 0.240 e. The Bertz CT molecular complexity index is 666. The second-order valence-electron chi connectivity index (χ2n) is 4.27. The van der Waals surface area contributed by atoms with E-state index in [-0.39, 0.29) is 11.4 Å². The molecule has 2 rings (SSSR count). The summed E-state index contributed by atoms with van der Waals surface area (Å²) in [5.74, 6) is 0.521. The molecule has 0 spiro atoms. The van der Waals surface area contributed by atoms with Crippen LogP contribution in [0, 0.1) is 6.92 Å². The van der Waals surface area contributed by atoms with Gasteiger partial charge in [0.15, 0.2) is 0 Å². The highest BCUT2D eigenvalue weighted by molar-refractivity contribution is 7.89. The Kier molecular flexibility index (Phi) is 5.15. The number of rotatable bonds is 6. The van der Waals surface area contributed by atoms with E-state index in [9.17, 15) is 8.42 Å². The summed E-state index contributed by atoms with van der Waals surface area (Å²) in [5.41, 5.74) is 1.75. The third-order valence-corrected chi connectivity index (χ3v) is 5.16. The van der Waals surface area contributed by atoms with E-state index in [1.54, 1.807) is 24.3 Å². The Morgan fingerprint density at radius 1 is 1.30 bits per heavy atom. The van der Waals surface area contributed by atoms with Gasteiger partial charge in [0.1, 0.15) is 0 Å². The monoisotopic (exact) mass is 330 g/mol. The van der Waals surface area contributed by atoms with Crippen LogP contribution in [-0.4, -0.2) is 19.3 Å². The number of halogens is 1. The van der Waals surface area contributed by atoms with Gasteiger partial charge < -0.3 is 0 Å². The van der Waals surface area contributed by atoms with E-state index in [2.05, 4.69) is 9.71 Å². The third kappa shape index (κ3) is 4.02. The zero-order chi connectivity index (χ0) is 14.6. The molecule has 0 bridgehead atoms. The first kappa shape index (κ1) is 15.4. The van der Waals surface area contributed by atoms with Crippen LogP contribution in [0.2, 0.25) is 0 Å². The van der Waals surface area contributed by atoms with Gasteiger partial charge in [-0.15, -0.1) is 22.9 Å². The molecular formula is C13H15ClN2O2S2. The van der Waals surface area contributed by atoms with E-state index in [1.165, 1.54) is 11.3 Å². The highest BCUT2D eigenvalue weighted by Gasteiger charge is 2.14. The highest BCUT2D eigenvalue weighted by atomic mass is 35.5. The molecule has 0 radical (unpaired) electrons. The molecule has 1 N–H and O–H groups in total. The third-order valence-electron chi connectivity index (χ3n) is 2.73. The largest absolute Gasteiger partial charge is 0.245 e. The summed E-state index contributed by atoms with van der Waals surface area (Å²) in [5, 5.41) is 2.77. The molecule has 2 aromatic rings. The van der Waals surface area contributed by atoms with E-state index in [4.69, 9.17) is 11.6 Å². The number of aromatic nitrogens is 1. The minimum atomic E-state index is -3.50. The summed E-state index contributed by atoms with van der Waals surface area (Å²) < 4.78 is 26.8. The Morgan fingerprint density at radius 3 is 2.55 bits per heavy atom. The van der Waals surface area contributed by atoms with Crippen LogP contribution in [0.3, 0.4) is 0 Å². The molecule has 1 aromatic carbocycles. The zero-order valence-electron chi connectivity index (χ0n) is 11.0. The van der Waals surface area contributed by atoms with Crippen LogP contribution in [0.1, 0.15) is 16.3 Å². The predicted molar refractivity (Wildman–Crippen MR) is 81.7 cm³/mol. The van der Waals surface area contributed by atoms with E-state index >= 15 is 0 Å². The lowest BCUT2D eigenvalue weighted by Crippen LogP contribution is -2.23. The summed E-state index contributed by atoms with van der Waals surface area (Å²) >= 11 is 7.15. The lowest BCUT2D eigenvalue weighted by Gasteiger charge is -2.06. The molecule has 0 aliphatic heterocycles. The molecule has 7 heteroatoms. The van der Waals surface area contributed by atoms with Gasteiger partial charge in [0.05, 0.1) is 22.1 Å². The van der Waals surface area contributed by atoms with Gasteiger partial charge in [0.25, 0.3) is 0 Å². The second kappa shape index (κ2) is 6.67. The smallest absolute Gasteiger partial charge is 0.240 e. The normalized spacial score (nSPS) is 11.7. The molecule has 1 aromatic heterocycles. The lowest BCUT2D eigenvalue weighted by atomic mass is 10.2. The van der Waals surface area contributed by atoms with Crippen molar-refractivity contribution < 1.29 is 8.42 Å². The maximum atomic E-state index is 12.1. The van der Waals surface area contributed by atoms with E-state index < -0.39 is 10.0 Å². The predicted octanol–water partition coefficient (Wildman–Crippen LogP) is 2.71. The number of thiazole rings is 1. The number of aryl methyl sites for hydroxylation is 2. The van der Waals surface area contributed by atoms with Crippen molar-refractivity contribution >= 4 is 33.0 Å². The Balaban J connectivity index is 2.05. The van der Waals surface area contributed by atoms with Crippen molar-refractivity contribution in [3.05, 3.63) is 45.9 Å². The van der Waals surface area contributed by atoms with Gasteiger partial charge in [-0.2, -0.15) is 0 Å². The van der Waals surface area contributed by atoms with Gasteiger partial charge in [-0.05, 0) is 31.0 Å². The summed E-state index contributed by atoms with van der Waals surface area (Å²) in [6, 6.07) is 6.75. The fraction of sp³-hybridized carbons (Fsp3) is 0.308. The van der Waals surface area contributed by atoms with Crippen LogP contribution < -0.4 is 4.72 Å². The van der Waals surface area contributed by atoms with Gasteiger partial charge in [0.2, 0.25) is 10.0 Å². The quantitative estimate of drug-likeness (QED) is 0.828. The first-order valence-electron chi connectivity index (χ1n) is 6.07. The van der Waals surface area contributed by atoms with Crippen molar-refractivity contribution in [3.63, 3.8) is 0 Å². The first-order chi connectivity index (χ1) is 9.51. The van der Waals surface area contributed by atoms with Crippen LogP contribution >= 0.6 is 22.9 Å². The topological polar surface area (TPSA) is 59.1 Å². The molecule has 0 aliphatic rings. The zero-order valence-corrected chi connectivity index (χ0v) is 13.4. The molecule has 0 unspecified atom stereocenters. The fourth-order valence-corrected chi connectivity index (χ4v) is 3.52. The van der Waals surface area contributed by atoms with Crippen molar-refractivity contribution in [2.24, 2.45) is 0 Å². The molecule has 0 saturated heterocycles. The number of nitrogens with one attached hydrogen (secondary N) is 1. The van der Waals surface area contributed by atoms with E-state index in [0.717, 1.165) is 22.7 Å². The van der Waals surface area contributed by atoms with Crippen molar-refractivity contribution in [2.75, 3.05) is 5.88 Å². The minimum Gasteiger partial charge on any atom is -0.245 e. The molecule has 4 nitrogen and oxygen atoms in total. The standard InChI is InChI=1S/C13H15ClN2O2S2/c1-10-16-12(9-19-10)8-15-20(17,18)13-4-2-11(3-5-13)6-7-14/h2-5,9,15H,6-8H2,1H3. The number of hydrogen-bond acceptors (Lipinski definition) is 4. The SMILES string of the molecule is Cc1nc(CNS(=O)(=O)c2ccc(CCCl)cc2)cs1. The Labute approximate surface area is 127 Å². The maximum absolute atomic E-state index is 12.1. The summed E-state index contributed by atoms with van der Waals surface area (Å²) in [4.78, 5) is 4.48. The molecular weight excluding hydrogens is 316 g/mol. The summed E-state index contributed by atoms with van der Waals surface area (Å²) in [6.45, 7) is 2.09. The van der Waals surface area contributed by atoms with E-state index in [1.807, 2.05) is 12.3 Å². The second-order valence-corrected chi connectivity index (χ2v) is 7.47. The van der Waals surface area contributed by atoms with Gasteiger partial charge in [0, 0.05) is 11.3 Å². The van der Waals surface area contributed by atoms with Crippen LogP contribution in [0.25, 0.3) is 0 Å². The molecule has 1 heterocycles. The van der Waals surface area contributed by atoms with Crippen molar-refractivity contribution in [3.8, 4) is 0 Å². The van der Waals surface area contributed by atoms with Crippen molar-refractivity contribution in [2.45, 2.75) is 24.8 Å². The summed E-state index contributed by atoms with van der Waals surface area (Å²) in [7, 11) is -3.50. The van der Waals surface area contributed by atoms with Crippen LogP contribution in [0.15, 0.2) is 34.5 Å². The Morgan fingerprint density at radius 2 is 2.00 bits per heavy atom. The number of alkyl halides is 1. The van der Waals surface area contributed by atoms with Crippen LogP contribution in [0.4, 0.5) is 0 Å². The molecule has 108 valence electrons. The minimum absolute atomic E-state index is 0.204. The first-order valence-corrected chi connectivity index (χ1v) is 8.96. The number of sulfonamides is 1. The number of benzene rings is 1. The van der Waals surface area contributed by atoms with Gasteiger partial charge in [-0.25, -0.2) is 18.1 Å². The van der Waals surface area contributed by atoms with Crippen LogP contribution in [-0.2, 0) is 23.0 Å². The van der Waals surface area contributed by atoms with Gasteiger partial charge >= 0.3 is 0 Å². The number of hydrogen-bond donors (Lipinski definition) is 1. The molecule has 0 atom stereocenters.